The molecule has 1 aliphatic heterocycles. The van der Waals surface area contributed by atoms with Gasteiger partial charge in [0.15, 0.2) is 5.60 Å². The summed E-state index contributed by atoms with van der Waals surface area (Å²) in [7, 11) is -3.71. The van der Waals surface area contributed by atoms with Gasteiger partial charge in [-0.1, -0.05) is 6.07 Å². The Kier molecular flexibility index (Phi) is 5.50. The third-order valence-electron chi connectivity index (χ3n) is 4.06. The van der Waals surface area contributed by atoms with E-state index in [2.05, 4.69) is 4.72 Å². The van der Waals surface area contributed by atoms with E-state index in [1.54, 1.807) is 13.8 Å². The number of carbonyl (C=O) groups excluding carboxylic acids is 1. The lowest BCUT2D eigenvalue weighted by Crippen LogP contribution is -2.50. The average molecular weight is 370 g/mol. The minimum Gasteiger partial charge on any atom is -0.479 e. The van der Waals surface area contributed by atoms with E-state index in [4.69, 9.17) is 5.11 Å². The molecule has 3 N–H and O–H groups in total. The number of rotatable bonds is 5. The van der Waals surface area contributed by atoms with Crippen molar-refractivity contribution in [2.75, 3.05) is 13.1 Å². The van der Waals surface area contributed by atoms with Crippen LogP contribution in [0.15, 0.2) is 29.2 Å². The Morgan fingerprint density at radius 1 is 1.24 bits per heavy atom. The smallest absolute Gasteiger partial charge is 0.335 e. The highest BCUT2D eigenvalue weighted by atomic mass is 32.2. The minimum atomic E-state index is -3.71. The van der Waals surface area contributed by atoms with Crippen LogP contribution in [-0.4, -0.2) is 60.1 Å². The van der Waals surface area contributed by atoms with Crippen LogP contribution in [0.5, 0.6) is 0 Å². The first-order valence-electron chi connectivity index (χ1n) is 7.92. The van der Waals surface area contributed by atoms with Crippen LogP contribution in [0, 0.1) is 0 Å². The number of carboxylic acid groups (broad SMARTS) is 1. The second-order valence-corrected chi connectivity index (χ2v) is 8.15. The fourth-order valence-electron chi connectivity index (χ4n) is 2.65. The van der Waals surface area contributed by atoms with Gasteiger partial charge in [0.1, 0.15) is 0 Å². The Bertz CT molecular complexity index is 767. The van der Waals surface area contributed by atoms with E-state index in [9.17, 15) is 23.1 Å². The van der Waals surface area contributed by atoms with Crippen molar-refractivity contribution in [1.82, 2.24) is 9.62 Å². The number of aliphatic carboxylic acids is 1. The maximum absolute atomic E-state index is 12.6. The predicted octanol–water partition coefficient (Wildman–Crippen LogP) is 0.425. The van der Waals surface area contributed by atoms with Gasteiger partial charge in [0.2, 0.25) is 10.0 Å². The van der Waals surface area contributed by atoms with Crippen LogP contribution >= 0.6 is 0 Å². The van der Waals surface area contributed by atoms with Crippen LogP contribution < -0.4 is 4.72 Å². The molecule has 1 amide bonds. The summed E-state index contributed by atoms with van der Waals surface area (Å²) in [4.78, 5) is 25.0. The van der Waals surface area contributed by atoms with Gasteiger partial charge in [-0.3, -0.25) is 4.79 Å². The van der Waals surface area contributed by atoms with Crippen molar-refractivity contribution in [3.05, 3.63) is 29.8 Å². The summed E-state index contributed by atoms with van der Waals surface area (Å²) in [5.74, 6) is -1.69. The molecule has 2 rings (SSSR count). The number of amides is 1. The summed E-state index contributed by atoms with van der Waals surface area (Å²) >= 11 is 0. The van der Waals surface area contributed by atoms with E-state index in [0.29, 0.717) is 0 Å². The quantitative estimate of drug-likeness (QED) is 0.690. The number of hydrogen-bond acceptors (Lipinski definition) is 5. The molecule has 25 heavy (non-hydrogen) atoms. The number of hydrogen-bond donors (Lipinski definition) is 3. The molecule has 0 radical (unpaired) electrons. The van der Waals surface area contributed by atoms with Gasteiger partial charge >= 0.3 is 5.97 Å². The molecule has 1 aromatic rings. The van der Waals surface area contributed by atoms with Crippen LogP contribution in [0.1, 0.15) is 37.0 Å². The molecule has 138 valence electrons. The van der Waals surface area contributed by atoms with Crippen molar-refractivity contribution in [1.29, 1.82) is 0 Å². The summed E-state index contributed by atoms with van der Waals surface area (Å²) in [6.45, 7) is 3.57. The SMILES string of the molecule is CC(C)NS(=O)(=O)c1cccc(C(=O)N2CCC(O)(C(=O)O)CC2)c1. The molecule has 1 fully saturated rings. The highest BCUT2D eigenvalue weighted by Gasteiger charge is 2.40. The molecule has 9 heteroatoms. The number of carboxylic acids is 1. The van der Waals surface area contributed by atoms with Crippen LogP contribution in [0.2, 0.25) is 0 Å². The normalized spacial score (nSPS) is 17.5. The first kappa shape index (κ1) is 19.4. The average Bonchev–Trinajstić information content (AvgIpc) is 2.54. The Labute approximate surface area is 146 Å². The molecule has 0 aliphatic carbocycles. The number of carbonyl (C=O) groups is 2. The lowest BCUT2D eigenvalue weighted by atomic mass is 9.91. The molecule has 0 saturated carbocycles. The molecule has 1 aromatic carbocycles. The second-order valence-electron chi connectivity index (χ2n) is 6.43. The molecule has 0 aromatic heterocycles. The van der Waals surface area contributed by atoms with Crippen molar-refractivity contribution >= 4 is 21.9 Å². The molecule has 1 aliphatic rings. The summed E-state index contributed by atoms with van der Waals surface area (Å²) in [6, 6.07) is 5.42. The highest BCUT2D eigenvalue weighted by molar-refractivity contribution is 7.89. The van der Waals surface area contributed by atoms with Gasteiger partial charge in [-0.15, -0.1) is 0 Å². The second kappa shape index (κ2) is 7.11. The lowest BCUT2D eigenvalue weighted by Gasteiger charge is -2.35. The minimum absolute atomic E-state index is 0.00824. The molecule has 1 heterocycles. The summed E-state index contributed by atoms with van der Waals surface area (Å²) in [6.07, 6.45) is -0.137. The van der Waals surface area contributed by atoms with Gasteiger partial charge in [-0.05, 0) is 32.0 Å². The molecule has 0 bridgehead atoms. The maximum atomic E-state index is 12.6. The standard InChI is InChI=1S/C16H22N2O6S/c1-11(2)17-25(23,24)13-5-3-4-12(10-13)14(19)18-8-6-16(22,7-9-18)15(20)21/h3-5,10-11,17,22H,6-9H2,1-2H3,(H,20,21). The Morgan fingerprint density at radius 2 is 1.84 bits per heavy atom. The topological polar surface area (TPSA) is 124 Å². The van der Waals surface area contributed by atoms with Crippen molar-refractivity contribution in [3.63, 3.8) is 0 Å². The van der Waals surface area contributed by atoms with Gasteiger partial charge in [0.05, 0.1) is 4.90 Å². The number of nitrogens with zero attached hydrogens (tertiary/aromatic N) is 1. The molecule has 1 saturated heterocycles. The zero-order valence-corrected chi connectivity index (χ0v) is 14.9. The van der Waals surface area contributed by atoms with Gasteiger partial charge < -0.3 is 15.1 Å². The Balaban J connectivity index is 2.16. The summed E-state index contributed by atoms with van der Waals surface area (Å²) < 4.78 is 26.9. The van der Waals surface area contributed by atoms with E-state index < -0.39 is 27.5 Å². The summed E-state index contributed by atoms with van der Waals surface area (Å²) in [5, 5.41) is 18.9. The fraction of sp³-hybridized carbons (Fsp3) is 0.500. The third-order valence-corrected chi connectivity index (χ3v) is 5.71. The largest absolute Gasteiger partial charge is 0.479 e. The number of aliphatic hydroxyl groups is 1. The van der Waals surface area contributed by atoms with Gasteiger partial charge in [0, 0.05) is 37.5 Å². The van der Waals surface area contributed by atoms with Crippen LogP contribution in [0.4, 0.5) is 0 Å². The zero-order chi connectivity index (χ0) is 18.8. The molecule has 0 spiro atoms. The lowest BCUT2D eigenvalue weighted by molar-refractivity contribution is -0.162. The molecular weight excluding hydrogens is 348 g/mol. The van der Waals surface area contributed by atoms with E-state index in [-0.39, 0.29) is 42.4 Å². The number of nitrogens with one attached hydrogen (secondary N) is 1. The first-order valence-corrected chi connectivity index (χ1v) is 9.41. The predicted molar refractivity (Wildman–Crippen MR) is 89.6 cm³/mol. The highest BCUT2D eigenvalue weighted by Crippen LogP contribution is 2.24. The first-order chi connectivity index (χ1) is 11.5. The Hall–Kier alpha value is -1.97. The van der Waals surface area contributed by atoms with Gasteiger partial charge in [-0.2, -0.15) is 0 Å². The number of likely N-dealkylation sites (tertiary alicyclic amines) is 1. The molecule has 0 atom stereocenters. The Morgan fingerprint density at radius 3 is 2.36 bits per heavy atom. The van der Waals surface area contributed by atoms with Crippen LogP contribution in [0.25, 0.3) is 0 Å². The number of sulfonamides is 1. The van der Waals surface area contributed by atoms with Crippen molar-refractivity contribution < 1.29 is 28.2 Å². The molecular formula is C16H22N2O6S. The summed E-state index contributed by atoms with van der Waals surface area (Å²) in [5.41, 5.74) is -1.62. The van der Waals surface area contributed by atoms with Crippen molar-refractivity contribution in [3.8, 4) is 0 Å². The van der Waals surface area contributed by atoms with Crippen molar-refractivity contribution in [2.45, 2.75) is 43.2 Å². The molecule has 8 nitrogen and oxygen atoms in total. The van der Waals surface area contributed by atoms with Crippen LogP contribution in [-0.2, 0) is 14.8 Å². The van der Waals surface area contributed by atoms with E-state index in [1.165, 1.54) is 29.2 Å². The van der Waals surface area contributed by atoms with E-state index >= 15 is 0 Å². The van der Waals surface area contributed by atoms with Gasteiger partial charge in [0.25, 0.3) is 5.91 Å². The van der Waals surface area contributed by atoms with E-state index in [1.807, 2.05) is 0 Å². The fourth-order valence-corrected chi connectivity index (χ4v) is 3.95. The zero-order valence-electron chi connectivity index (χ0n) is 14.1. The number of benzene rings is 1. The monoisotopic (exact) mass is 370 g/mol. The molecule has 0 unspecified atom stereocenters. The third kappa shape index (κ3) is 4.36. The van der Waals surface area contributed by atoms with Crippen LogP contribution in [0.3, 0.4) is 0 Å². The number of piperidine rings is 1. The van der Waals surface area contributed by atoms with E-state index in [0.717, 1.165) is 0 Å². The van der Waals surface area contributed by atoms with Crippen molar-refractivity contribution in [2.24, 2.45) is 0 Å². The maximum Gasteiger partial charge on any atom is 0.335 e. The van der Waals surface area contributed by atoms with Gasteiger partial charge in [-0.25, -0.2) is 17.9 Å².